The smallest absolute Gasteiger partial charge is 0.294 e. The van der Waals surface area contributed by atoms with Crippen LogP contribution in [-0.2, 0) is 16.1 Å². The van der Waals surface area contributed by atoms with Gasteiger partial charge in [0.15, 0.2) is 0 Å². The van der Waals surface area contributed by atoms with Crippen LogP contribution in [0.1, 0.15) is 19.4 Å². The van der Waals surface area contributed by atoms with E-state index in [0.29, 0.717) is 29.0 Å². The Bertz CT molecular complexity index is 1170. The highest BCUT2D eigenvalue weighted by atomic mass is 16.5. The number of para-hydroxylation sites is 2. The molecule has 0 aliphatic rings. The molecule has 0 aliphatic heterocycles. The summed E-state index contributed by atoms with van der Waals surface area (Å²) >= 11 is 0. The van der Waals surface area contributed by atoms with Gasteiger partial charge < -0.3 is 10.1 Å². The van der Waals surface area contributed by atoms with Crippen molar-refractivity contribution in [3.05, 3.63) is 58.4 Å². The Morgan fingerprint density at radius 3 is 2.60 bits per heavy atom. The van der Waals surface area contributed by atoms with Crippen LogP contribution in [0.4, 0.5) is 11.5 Å². The molecule has 3 aromatic rings. The lowest BCUT2D eigenvalue weighted by molar-refractivity contribution is -0.117. The minimum absolute atomic E-state index is 0.00429. The number of ether oxygens (including phenoxy) is 1. The van der Waals surface area contributed by atoms with E-state index in [2.05, 4.69) is 10.3 Å². The van der Waals surface area contributed by atoms with E-state index in [9.17, 15) is 14.4 Å². The molecule has 3 rings (SSSR count). The fraction of sp³-hybridized carbons (Fsp3) is 0.273. The third kappa shape index (κ3) is 4.17. The lowest BCUT2D eigenvalue weighted by Gasteiger charge is -2.20. The molecule has 1 heterocycles. The van der Waals surface area contributed by atoms with E-state index >= 15 is 0 Å². The van der Waals surface area contributed by atoms with Gasteiger partial charge in [0.05, 0.1) is 23.8 Å². The number of nitrogens with one attached hydrogen (secondary N) is 1. The summed E-state index contributed by atoms with van der Waals surface area (Å²) in [6.07, 6.45) is 0. The Balaban J connectivity index is 2.04. The molecule has 1 aromatic heterocycles. The third-order valence-corrected chi connectivity index (χ3v) is 4.72. The molecule has 0 saturated carbocycles. The number of amides is 2. The SMILES string of the molecule is CCN(C(C)=O)c1nc2ccccc2n(CC(=O)Nc2cc(C)ccc2OC)c1=O. The van der Waals surface area contributed by atoms with E-state index in [1.165, 1.54) is 23.5 Å². The predicted octanol–water partition coefficient (Wildman–Crippen LogP) is 2.73. The lowest BCUT2D eigenvalue weighted by Crippen LogP contribution is -2.38. The minimum atomic E-state index is -0.503. The molecule has 0 spiro atoms. The maximum atomic E-state index is 13.2. The molecule has 8 heteroatoms. The molecule has 0 radical (unpaired) electrons. The summed E-state index contributed by atoms with van der Waals surface area (Å²) in [6.45, 7) is 5.10. The fourth-order valence-electron chi connectivity index (χ4n) is 3.29. The van der Waals surface area contributed by atoms with E-state index < -0.39 is 11.5 Å². The number of carbonyl (C=O) groups is 2. The predicted molar refractivity (Wildman–Crippen MR) is 116 cm³/mol. The second-order valence-corrected chi connectivity index (χ2v) is 6.83. The summed E-state index contributed by atoms with van der Waals surface area (Å²) < 4.78 is 6.63. The van der Waals surface area contributed by atoms with Crippen LogP contribution in [0.15, 0.2) is 47.3 Å². The maximum Gasteiger partial charge on any atom is 0.294 e. The minimum Gasteiger partial charge on any atom is -0.495 e. The van der Waals surface area contributed by atoms with Gasteiger partial charge in [-0.3, -0.25) is 23.9 Å². The summed E-state index contributed by atoms with van der Waals surface area (Å²) in [5, 5.41) is 2.80. The van der Waals surface area contributed by atoms with Gasteiger partial charge in [0.25, 0.3) is 5.56 Å². The van der Waals surface area contributed by atoms with Crippen LogP contribution >= 0.6 is 0 Å². The number of rotatable bonds is 6. The van der Waals surface area contributed by atoms with Crippen molar-refractivity contribution in [3.8, 4) is 5.75 Å². The number of nitrogens with zero attached hydrogens (tertiary/aromatic N) is 3. The van der Waals surface area contributed by atoms with E-state index in [1.807, 2.05) is 13.0 Å². The number of aryl methyl sites for hydroxylation is 1. The van der Waals surface area contributed by atoms with Gasteiger partial charge in [-0.05, 0) is 43.7 Å². The van der Waals surface area contributed by atoms with Gasteiger partial charge in [0.2, 0.25) is 17.6 Å². The second kappa shape index (κ2) is 8.77. The number of anilines is 2. The van der Waals surface area contributed by atoms with Crippen LogP contribution in [0.3, 0.4) is 0 Å². The molecule has 2 aromatic carbocycles. The van der Waals surface area contributed by atoms with Crippen molar-refractivity contribution in [2.75, 3.05) is 23.9 Å². The summed E-state index contributed by atoms with van der Waals surface area (Å²) in [6, 6.07) is 12.5. The number of fused-ring (bicyclic) bond motifs is 1. The van der Waals surface area contributed by atoms with Crippen molar-refractivity contribution in [1.29, 1.82) is 0 Å². The molecule has 0 bridgehead atoms. The Morgan fingerprint density at radius 2 is 1.93 bits per heavy atom. The summed E-state index contributed by atoms with van der Waals surface area (Å²) in [4.78, 5) is 43.6. The quantitative estimate of drug-likeness (QED) is 0.677. The van der Waals surface area contributed by atoms with Crippen molar-refractivity contribution in [2.45, 2.75) is 27.3 Å². The highest BCUT2D eigenvalue weighted by Crippen LogP contribution is 2.25. The standard InChI is InChI=1S/C22H24N4O4/c1-5-25(15(3)27)21-22(29)26(18-9-7-6-8-16(18)24-21)13-20(28)23-17-12-14(2)10-11-19(17)30-4/h6-12H,5,13H2,1-4H3,(H,23,28). The average Bonchev–Trinajstić information content (AvgIpc) is 2.71. The van der Waals surface area contributed by atoms with Crippen LogP contribution < -0.4 is 20.5 Å². The number of aromatic nitrogens is 2. The number of carbonyl (C=O) groups excluding carboxylic acids is 2. The topological polar surface area (TPSA) is 93.5 Å². The van der Waals surface area contributed by atoms with E-state index in [0.717, 1.165) is 5.56 Å². The molecular formula is C22H24N4O4. The van der Waals surface area contributed by atoms with Gasteiger partial charge in [0, 0.05) is 13.5 Å². The first-order chi connectivity index (χ1) is 14.3. The zero-order chi connectivity index (χ0) is 21.8. The number of hydrogen-bond donors (Lipinski definition) is 1. The fourth-order valence-corrected chi connectivity index (χ4v) is 3.29. The largest absolute Gasteiger partial charge is 0.495 e. The van der Waals surface area contributed by atoms with Gasteiger partial charge in [-0.25, -0.2) is 4.98 Å². The number of hydrogen-bond acceptors (Lipinski definition) is 5. The highest BCUT2D eigenvalue weighted by molar-refractivity contribution is 5.94. The zero-order valence-corrected chi connectivity index (χ0v) is 17.4. The summed E-state index contributed by atoms with van der Waals surface area (Å²) in [7, 11) is 1.52. The first-order valence-corrected chi connectivity index (χ1v) is 9.57. The molecule has 30 heavy (non-hydrogen) atoms. The monoisotopic (exact) mass is 408 g/mol. The van der Waals surface area contributed by atoms with E-state index in [1.54, 1.807) is 43.3 Å². The molecule has 8 nitrogen and oxygen atoms in total. The molecule has 0 fully saturated rings. The van der Waals surface area contributed by atoms with Crippen LogP contribution in [0.2, 0.25) is 0 Å². The van der Waals surface area contributed by atoms with Crippen molar-refractivity contribution in [2.24, 2.45) is 0 Å². The Labute approximate surface area is 174 Å². The van der Waals surface area contributed by atoms with Gasteiger partial charge in [0.1, 0.15) is 12.3 Å². The Hall–Kier alpha value is -3.68. The van der Waals surface area contributed by atoms with Crippen molar-refractivity contribution in [3.63, 3.8) is 0 Å². The molecule has 0 atom stereocenters. The second-order valence-electron chi connectivity index (χ2n) is 6.83. The van der Waals surface area contributed by atoms with E-state index in [-0.39, 0.29) is 18.3 Å². The normalized spacial score (nSPS) is 10.7. The number of benzene rings is 2. The van der Waals surface area contributed by atoms with Crippen LogP contribution in [0.25, 0.3) is 11.0 Å². The highest BCUT2D eigenvalue weighted by Gasteiger charge is 2.20. The van der Waals surface area contributed by atoms with Crippen LogP contribution in [-0.4, -0.2) is 35.0 Å². The molecule has 0 unspecified atom stereocenters. The van der Waals surface area contributed by atoms with Gasteiger partial charge in [-0.1, -0.05) is 18.2 Å². The average molecular weight is 408 g/mol. The number of methoxy groups -OCH3 is 1. The molecule has 2 amide bonds. The molecule has 156 valence electrons. The molecule has 1 N–H and O–H groups in total. The summed E-state index contributed by atoms with van der Waals surface area (Å²) in [5.41, 5.74) is 2.01. The maximum absolute atomic E-state index is 13.2. The van der Waals surface area contributed by atoms with Crippen LogP contribution in [0, 0.1) is 6.92 Å². The van der Waals surface area contributed by atoms with Gasteiger partial charge >= 0.3 is 0 Å². The van der Waals surface area contributed by atoms with Gasteiger partial charge in [-0.2, -0.15) is 0 Å². The first-order valence-electron chi connectivity index (χ1n) is 9.57. The van der Waals surface area contributed by atoms with E-state index in [4.69, 9.17) is 4.74 Å². The zero-order valence-electron chi connectivity index (χ0n) is 17.4. The van der Waals surface area contributed by atoms with Crippen molar-refractivity contribution < 1.29 is 14.3 Å². The molecule has 0 saturated heterocycles. The Kier molecular flexibility index (Phi) is 6.15. The molecular weight excluding hydrogens is 384 g/mol. The van der Waals surface area contributed by atoms with Gasteiger partial charge in [-0.15, -0.1) is 0 Å². The first kappa shape index (κ1) is 21.0. The van der Waals surface area contributed by atoms with Crippen LogP contribution in [0.5, 0.6) is 5.75 Å². The summed E-state index contributed by atoms with van der Waals surface area (Å²) in [5.74, 6) is -0.160. The Morgan fingerprint density at radius 1 is 1.20 bits per heavy atom. The lowest BCUT2D eigenvalue weighted by atomic mass is 10.2. The van der Waals surface area contributed by atoms with Crippen molar-refractivity contribution in [1.82, 2.24) is 9.55 Å². The molecule has 0 aliphatic carbocycles. The van der Waals surface area contributed by atoms with Crippen molar-refractivity contribution >= 4 is 34.4 Å². The third-order valence-electron chi connectivity index (χ3n) is 4.72.